The summed E-state index contributed by atoms with van der Waals surface area (Å²) in [7, 11) is 0. The first kappa shape index (κ1) is 25.0. The Labute approximate surface area is 218 Å². The van der Waals surface area contributed by atoms with Gasteiger partial charge in [-0.05, 0) is 78.6 Å². The van der Waals surface area contributed by atoms with Gasteiger partial charge in [0.15, 0.2) is 0 Å². The van der Waals surface area contributed by atoms with Gasteiger partial charge in [0.25, 0.3) is 0 Å². The van der Waals surface area contributed by atoms with E-state index in [1.807, 2.05) is 36.4 Å². The summed E-state index contributed by atoms with van der Waals surface area (Å²) in [5, 5.41) is 15.9. The van der Waals surface area contributed by atoms with Crippen molar-refractivity contribution in [2.45, 2.75) is 38.6 Å². The van der Waals surface area contributed by atoms with Gasteiger partial charge in [-0.25, -0.2) is 0 Å². The van der Waals surface area contributed by atoms with Gasteiger partial charge in [-0.15, -0.1) is 0 Å². The molecular weight excluding hydrogens is 462 g/mol. The van der Waals surface area contributed by atoms with E-state index in [2.05, 4.69) is 39.8 Å². The van der Waals surface area contributed by atoms with E-state index >= 15 is 0 Å². The van der Waals surface area contributed by atoms with E-state index in [1.54, 1.807) is 12.1 Å². The van der Waals surface area contributed by atoms with E-state index < -0.39 is 0 Å². The van der Waals surface area contributed by atoms with Crippen LogP contribution in [-0.4, -0.2) is 41.5 Å². The van der Waals surface area contributed by atoms with Crippen molar-refractivity contribution in [1.82, 2.24) is 10.2 Å². The molecule has 5 rings (SSSR count). The molecule has 37 heavy (non-hydrogen) atoms. The van der Waals surface area contributed by atoms with Crippen LogP contribution in [0.3, 0.4) is 0 Å². The maximum atomic E-state index is 13.4. The van der Waals surface area contributed by atoms with Crippen molar-refractivity contribution in [2.24, 2.45) is 11.8 Å². The number of aromatic hydroxyl groups is 1. The molecule has 1 heterocycles. The van der Waals surface area contributed by atoms with E-state index in [-0.39, 0.29) is 29.4 Å². The maximum Gasteiger partial charge on any atom is 0.228 e. The van der Waals surface area contributed by atoms with Gasteiger partial charge in [-0.1, -0.05) is 48.5 Å². The molecule has 3 aromatic carbocycles. The molecule has 0 bridgehead atoms. The molecule has 0 saturated carbocycles. The fraction of sp³-hybridized carbons (Fsp3) is 0.355. The van der Waals surface area contributed by atoms with Crippen molar-refractivity contribution in [2.75, 3.05) is 25.0 Å². The molecule has 0 aromatic heterocycles. The van der Waals surface area contributed by atoms with Crippen molar-refractivity contribution in [3.8, 4) is 5.75 Å². The molecule has 2 aliphatic rings. The van der Waals surface area contributed by atoms with Crippen LogP contribution in [0.15, 0.2) is 72.8 Å². The van der Waals surface area contributed by atoms with Gasteiger partial charge >= 0.3 is 0 Å². The van der Waals surface area contributed by atoms with Crippen molar-refractivity contribution in [3.63, 3.8) is 0 Å². The van der Waals surface area contributed by atoms with Crippen LogP contribution in [0.25, 0.3) is 0 Å². The molecule has 3 N–H and O–H groups in total. The Morgan fingerprint density at radius 1 is 0.838 bits per heavy atom. The number of rotatable bonds is 8. The molecule has 0 radical (unpaired) electrons. The molecule has 6 nitrogen and oxygen atoms in total. The summed E-state index contributed by atoms with van der Waals surface area (Å²) in [5.74, 6) is -0.358. The van der Waals surface area contributed by atoms with Gasteiger partial charge in [0.2, 0.25) is 11.8 Å². The van der Waals surface area contributed by atoms with E-state index in [0.29, 0.717) is 32.6 Å². The molecule has 1 aliphatic carbocycles. The van der Waals surface area contributed by atoms with E-state index in [0.717, 1.165) is 30.5 Å². The lowest BCUT2D eigenvalue weighted by atomic mass is 9.87. The zero-order chi connectivity index (χ0) is 25.6. The predicted molar refractivity (Wildman–Crippen MR) is 145 cm³/mol. The number of benzene rings is 3. The highest BCUT2D eigenvalue weighted by Crippen LogP contribution is 2.28. The third-order valence-corrected chi connectivity index (χ3v) is 7.53. The molecule has 1 saturated heterocycles. The number of phenolic OH excluding ortho intramolecular Hbond substituents is 1. The van der Waals surface area contributed by atoms with E-state index in [9.17, 15) is 14.7 Å². The minimum absolute atomic E-state index is 0.00154. The highest BCUT2D eigenvalue weighted by molar-refractivity contribution is 5.93. The highest BCUT2D eigenvalue weighted by atomic mass is 16.3. The number of likely N-dealkylation sites (tertiary alicyclic amines) is 1. The number of hydrogen-bond donors (Lipinski definition) is 3. The van der Waals surface area contributed by atoms with Crippen LogP contribution < -0.4 is 10.6 Å². The number of fused-ring (bicyclic) bond motifs is 1. The first-order chi connectivity index (χ1) is 18.0. The standard InChI is InChI=1S/C31H35N3O3/c35-29-13-9-23(10-14-29)19-34-20-26(30(36)32-16-15-22-5-2-1-3-6-22)17-27(21-34)31(37)33-28-12-11-24-7-4-8-25(24)18-28/h1-3,5-6,9-14,18,26-27,35H,4,7-8,15-17,19-21H2,(H,32,36)(H,33,37)/t26-,27+/m0/s1. The highest BCUT2D eigenvalue weighted by Gasteiger charge is 2.35. The summed E-state index contributed by atoms with van der Waals surface area (Å²) >= 11 is 0. The SMILES string of the molecule is O=C(NCCc1ccccc1)[C@H]1C[C@@H](C(=O)Nc2ccc3c(c2)CCC3)CN(Cc2ccc(O)cc2)C1. The van der Waals surface area contributed by atoms with E-state index in [1.165, 1.54) is 23.1 Å². The van der Waals surface area contributed by atoms with Crippen LogP contribution in [0.4, 0.5) is 5.69 Å². The van der Waals surface area contributed by atoms with Crippen LogP contribution in [0.2, 0.25) is 0 Å². The first-order valence-corrected chi connectivity index (χ1v) is 13.3. The summed E-state index contributed by atoms with van der Waals surface area (Å²) in [5.41, 5.74) is 5.77. The number of nitrogens with one attached hydrogen (secondary N) is 2. The molecule has 2 amide bonds. The average Bonchev–Trinajstić information content (AvgIpc) is 3.38. The quantitative estimate of drug-likeness (QED) is 0.433. The van der Waals surface area contributed by atoms with Crippen LogP contribution in [0.5, 0.6) is 5.75 Å². The minimum Gasteiger partial charge on any atom is -0.508 e. The second-order valence-electron chi connectivity index (χ2n) is 10.3. The number of carbonyl (C=O) groups excluding carboxylic acids is 2. The fourth-order valence-electron chi connectivity index (χ4n) is 5.57. The second-order valence-corrected chi connectivity index (χ2v) is 10.3. The van der Waals surface area contributed by atoms with Gasteiger partial charge in [0.05, 0.1) is 11.8 Å². The zero-order valence-electron chi connectivity index (χ0n) is 21.2. The smallest absolute Gasteiger partial charge is 0.228 e. The lowest BCUT2D eigenvalue weighted by Gasteiger charge is -2.36. The number of carbonyl (C=O) groups is 2. The van der Waals surface area contributed by atoms with Crippen molar-refractivity contribution < 1.29 is 14.7 Å². The molecule has 1 aliphatic heterocycles. The maximum absolute atomic E-state index is 13.4. The topological polar surface area (TPSA) is 81.7 Å². The monoisotopic (exact) mass is 497 g/mol. The van der Waals surface area contributed by atoms with Crippen LogP contribution in [-0.2, 0) is 35.4 Å². The number of amides is 2. The Hall–Kier alpha value is -3.64. The first-order valence-electron chi connectivity index (χ1n) is 13.3. The lowest BCUT2D eigenvalue weighted by molar-refractivity contribution is -0.130. The van der Waals surface area contributed by atoms with Crippen LogP contribution in [0, 0.1) is 11.8 Å². The van der Waals surface area contributed by atoms with Gasteiger partial charge in [0.1, 0.15) is 5.75 Å². The molecule has 0 unspecified atom stereocenters. The molecule has 2 atom stereocenters. The number of piperidine rings is 1. The van der Waals surface area contributed by atoms with Crippen molar-refractivity contribution in [3.05, 3.63) is 95.1 Å². The Morgan fingerprint density at radius 3 is 2.35 bits per heavy atom. The van der Waals surface area contributed by atoms with Gasteiger partial charge < -0.3 is 15.7 Å². The fourth-order valence-corrected chi connectivity index (χ4v) is 5.57. The average molecular weight is 498 g/mol. The lowest BCUT2D eigenvalue weighted by Crippen LogP contribution is -2.49. The Balaban J connectivity index is 1.25. The molecule has 192 valence electrons. The Kier molecular flexibility index (Phi) is 7.85. The Morgan fingerprint density at radius 2 is 1.57 bits per heavy atom. The number of nitrogens with zero attached hydrogens (tertiary/aromatic N) is 1. The molecule has 0 spiro atoms. The Bertz CT molecular complexity index is 1230. The van der Waals surface area contributed by atoms with Crippen molar-refractivity contribution in [1.29, 1.82) is 0 Å². The summed E-state index contributed by atoms with van der Waals surface area (Å²) in [4.78, 5) is 28.7. The third-order valence-electron chi connectivity index (χ3n) is 7.53. The number of hydrogen-bond acceptors (Lipinski definition) is 4. The normalized spacial score (nSPS) is 19.2. The zero-order valence-corrected chi connectivity index (χ0v) is 21.2. The van der Waals surface area contributed by atoms with Gasteiger partial charge in [-0.2, -0.15) is 0 Å². The summed E-state index contributed by atoms with van der Waals surface area (Å²) < 4.78 is 0. The van der Waals surface area contributed by atoms with E-state index in [4.69, 9.17) is 0 Å². The third kappa shape index (κ3) is 6.57. The molecular formula is C31H35N3O3. The largest absolute Gasteiger partial charge is 0.508 e. The van der Waals surface area contributed by atoms with Gasteiger partial charge in [0, 0.05) is 31.9 Å². The van der Waals surface area contributed by atoms with Gasteiger partial charge in [-0.3, -0.25) is 14.5 Å². The molecule has 3 aromatic rings. The summed E-state index contributed by atoms with van der Waals surface area (Å²) in [6.07, 6.45) is 4.65. The number of phenols is 1. The number of aryl methyl sites for hydroxylation is 2. The second kappa shape index (κ2) is 11.6. The molecule has 1 fully saturated rings. The minimum atomic E-state index is -0.288. The summed E-state index contributed by atoms with van der Waals surface area (Å²) in [6.45, 7) is 2.38. The summed E-state index contributed by atoms with van der Waals surface area (Å²) in [6, 6.07) is 23.5. The number of anilines is 1. The van der Waals surface area contributed by atoms with Crippen LogP contribution in [0.1, 0.15) is 35.1 Å². The predicted octanol–water partition coefficient (Wildman–Crippen LogP) is 4.32. The molecule has 6 heteroatoms. The van der Waals surface area contributed by atoms with Crippen molar-refractivity contribution >= 4 is 17.5 Å². The van der Waals surface area contributed by atoms with Crippen LogP contribution >= 0.6 is 0 Å².